The van der Waals surface area contributed by atoms with Crippen molar-refractivity contribution < 1.29 is 38.0 Å². The summed E-state index contributed by atoms with van der Waals surface area (Å²) in [5.74, 6) is 1.31. The van der Waals surface area contributed by atoms with E-state index in [4.69, 9.17) is 28.4 Å². The Labute approximate surface area is 200 Å². The van der Waals surface area contributed by atoms with Gasteiger partial charge in [0.2, 0.25) is 5.91 Å². The van der Waals surface area contributed by atoms with E-state index >= 15 is 0 Å². The fraction of sp³-hybridized carbons (Fsp3) is 0.440. The van der Waals surface area contributed by atoms with Crippen molar-refractivity contribution in [3.8, 4) is 11.5 Å². The summed E-state index contributed by atoms with van der Waals surface area (Å²) in [4.78, 5) is 21.6. The molecule has 9 nitrogen and oxygen atoms in total. The summed E-state index contributed by atoms with van der Waals surface area (Å²) in [6.07, 6.45) is 0.795. The second-order valence-electron chi connectivity index (χ2n) is 7.04. The van der Waals surface area contributed by atoms with Gasteiger partial charge in [-0.3, -0.25) is 9.59 Å². The standard InChI is InChI=1S/C25H33NO8/c1-21(28)26-23-4-8-25(9-5-23)34-19-17-32-15-13-30-11-10-29-12-14-31-16-18-33-24-6-2-22(20-27)3-7-24/h2-9,20H,10-19H2,1H3,(H,26,28). The van der Waals surface area contributed by atoms with E-state index in [1.165, 1.54) is 6.92 Å². The average molecular weight is 476 g/mol. The average Bonchev–Trinajstić information content (AvgIpc) is 2.85. The molecule has 0 aliphatic rings. The van der Waals surface area contributed by atoms with Crippen LogP contribution in [0.15, 0.2) is 48.5 Å². The van der Waals surface area contributed by atoms with E-state index in [0.29, 0.717) is 83.1 Å². The Bertz CT molecular complexity index is 811. The van der Waals surface area contributed by atoms with Gasteiger partial charge in [-0.2, -0.15) is 0 Å². The lowest BCUT2D eigenvalue weighted by Gasteiger charge is -2.09. The Balaban J connectivity index is 1.31. The van der Waals surface area contributed by atoms with Gasteiger partial charge >= 0.3 is 0 Å². The lowest BCUT2D eigenvalue weighted by atomic mass is 10.2. The topological polar surface area (TPSA) is 102 Å². The highest BCUT2D eigenvalue weighted by Crippen LogP contribution is 2.15. The van der Waals surface area contributed by atoms with Crippen molar-refractivity contribution in [2.45, 2.75) is 6.92 Å². The van der Waals surface area contributed by atoms with Crippen molar-refractivity contribution >= 4 is 17.9 Å². The molecule has 2 aromatic carbocycles. The van der Waals surface area contributed by atoms with E-state index in [1.54, 1.807) is 48.5 Å². The summed E-state index contributed by atoms with van der Waals surface area (Å²) in [6.45, 7) is 6.14. The van der Waals surface area contributed by atoms with Gasteiger partial charge in [-0.15, -0.1) is 0 Å². The summed E-state index contributed by atoms with van der Waals surface area (Å²) < 4.78 is 32.9. The van der Waals surface area contributed by atoms with Crippen LogP contribution in [0.5, 0.6) is 11.5 Å². The van der Waals surface area contributed by atoms with Crippen molar-refractivity contribution in [3.63, 3.8) is 0 Å². The molecule has 1 amide bonds. The molecular weight excluding hydrogens is 442 g/mol. The van der Waals surface area contributed by atoms with Crippen LogP contribution >= 0.6 is 0 Å². The molecule has 0 aliphatic carbocycles. The van der Waals surface area contributed by atoms with Gasteiger partial charge in [0, 0.05) is 18.2 Å². The summed E-state index contributed by atoms with van der Waals surface area (Å²) in [7, 11) is 0. The zero-order chi connectivity index (χ0) is 24.3. The zero-order valence-electron chi connectivity index (χ0n) is 19.5. The predicted molar refractivity (Wildman–Crippen MR) is 127 cm³/mol. The third-order valence-electron chi connectivity index (χ3n) is 4.30. The number of aldehydes is 1. The van der Waals surface area contributed by atoms with Crippen molar-refractivity contribution in [1.82, 2.24) is 0 Å². The molecule has 0 spiro atoms. The maximum atomic E-state index is 11.0. The Hall–Kier alpha value is -2.98. The summed E-state index contributed by atoms with van der Waals surface area (Å²) in [5.41, 5.74) is 1.35. The van der Waals surface area contributed by atoms with Crippen LogP contribution < -0.4 is 14.8 Å². The Morgan fingerprint density at radius 3 is 1.41 bits per heavy atom. The molecule has 0 unspecified atom stereocenters. The van der Waals surface area contributed by atoms with Gasteiger partial charge in [0.25, 0.3) is 0 Å². The minimum atomic E-state index is -0.108. The van der Waals surface area contributed by atoms with Crippen molar-refractivity contribution in [2.75, 3.05) is 71.4 Å². The number of amides is 1. The number of benzene rings is 2. The molecule has 0 atom stereocenters. The van der Waals surface area contributed by atoms with Gasteiger partial charge in [-0.25, -0.2) is 0 Å². The van der Waals surface area contributed by atoms with E-state index in [0.717, 1.165) is 12.0 Å². The highest BCUT2D eigenvalue weighted by molar-refractivity contribution is 5.88. The van der Waals surface area contributed by atoms with E-state index < -0.39 is 0 Å². The van der Waals surface area contributed by atoms with Crippen LogP contribution in [0.2, 0.25) is 0 Å². The van der Waals surface area contributed by atoms with Crippen LogP contribution in [-0.4, -0.2) is 78.3 Å². The number of nitrogens with one attached hydrogen (secondary N) is 1. The monoisotopic (exact) mass is 475 g/mol. The second-order valence-corrected chi connectivity index (χ2v) is 7.04. The highest BCUT2D eigenvalue weighted by atomic mass is 16.6. The van der Waals surface area contributed by atoms with Crippen LogP contribution in [0.4, 0.5) is 5.69 Å². The second kappa shape index (κ2) is 17.5. The smallest absolute Gasteiger partial charge is 0.221 e. The van der Waals surface area contributed by atoms with Crippen LogP contribution in [0, 0.1) is 0 Å². The van der Waals surface area contributed by atoms with Crippen molar-refractivity contribution in [2.24, 2.45) is 0 Å². The lowest BCUT2D eigenvalue weighted by Crippen LogP contribution is -2.14. The highest BCUT2D eigenvalue weighted by Gasteiger charge is 1.98. The molecule has 2 rings (SSSR count). The molecular formula is C25H33NO8. The van der Waals surface area contributed by atoms with Crippen LogP contribution in [0.1, 0.15) is 17.3 Å². The molecule has 0 bridgehead atoms. The van der Waals surface area contributed by atoms with E-state index in [-0.39, 0.29) is 5.91 Å². The van der Waals surface area contributed by atoms with E-state index in [9.17, 15) is 9.59 Å². The normalized spacial score (nSPS) is 10.6. The SMILES string of the molecule is CC(=O)Nc1ccc(OCCOCCOCCOCCOCCOc2ccc(C=O)cc2)cc1. The molecule has 0 saturated heterocycles. The first kappa shape index (κ1) is 27.3. The third kappa shape index (κ3) is 12.9. The first-order valence-electron chi connectivity index (χ1n) is 11.2. The van der Waals surface area contributed by atoms with Crippen molar-refractivity contribution in [3.05, 3.63) is 54.1 Å². The molecule has 0 saturated carbocycles. The largest absolute Gasteiger partial charge is 0.491 e. The Morgan fingerprint density at radius 1 is 0.647 bits per heavy atom. The minimum absolute atomic E-state index is 0.108. The molecule has 9 heteroatoms. The molecule has 34 heavy (non-hydrogen) atoms. The van der Waals surface area contributed by atoms with Crippen molar-refractivity contribution in [1.29, 1.82) is 0 Å². The fourth-order valence-electron chi connectivity index (χ4n) is 2.68. The van der Waals surface area contributed by atoms with Gasteiger partial charge in [-0.1, -0.05) is 0 Å². The lowest BCUT2D eigenvalue weighted by molar-refractivity contribution is -0.114. The number of carbonyl (C=O) groups is 2. The minimum Gasteiger partial charge on any atom is -0.491 e. The van der Waals surface area contributed by atoms with Gasteiger partial charge in [0.1, 0.15) is 31.0 Å². The van der Waals surface area contributed by atoms with Crippen LogP contribution in [-0.2, 0) is 23.7 Å². The first-order valence-corrected chi connectivity index (χ1v) is 11.2. The third-order valence-corrected chi connectivity index (χ3v) is 4.30. The molecule has 0 aromatic heterocycles. The summed E-state index contributed by atoms with van der Waals surface area (Å²) in [5, 5.41) is 2.70. The van der Waals surface area contributed by atoms with Crippen LogP contribution in [0.3, 0.4) is 0 Å². The number of hydrogen-bond acceptors (Lipinski definition) is 8. The maximum absolute atomic E-state index is 11.0. The molecule has 0 heterocycles. The number of ether oxygens (including phenoxy) is 6. The predicted octanol–water partition coefficient (Wildman–Crippen LogP) is 2.98. The quantitative estimate of drug-likeness (QED) is 0.244. The zero-order valence-corrected chi connectivity index (χ0v) is 19.5. The Morgan fingerprint density at radius 2 is 1.03 bits per heavy atom. The van der Waals surface area contributed by atoms with Gasteiger partial charge in [0.15, 0.2) is 0 Å². The summed E-state index contributed by atoms with van der Waals surface area (Å²) in [6, 6.07) is 14.1. The Kier molecular flexibility index (Phi) is 14.0. The molecule has 0 aliphatic heterocycles. The number of anilines is 1. The van der Waals surface area contributed by atoms with Gasteiger partial charge < -0.3 is 33.7 Å². The van der Waals surface area contributed by atoms with E-state index in [2.05, 4.69) is 5.32 Å². The number of hydrogen-bond donors (Lipinski definition) is 1. The number of carbonyl (C=O) groups excluding carboxylic acids is 2. The van der Waals surface area contributed by atoms with E-state index in [1.807, 2.05) is 0 Å². The fourth-order valence-corrected chi connectivity index (χ4v) is 2.68. The van der Waals surface area contributed by atoms with Gasteiger partial charge in [0.05, 0.1) is 52.9 Å². The molecule has 0 radical (unpaired) electrons. The van der Waals surface area contributed by atoms with Gasteiger partial charge in [-0.05, 0) is 48.5 Å². The molecule has 0 fully saturated rings. The summed E-state index contributed by atoms with van der Waals surface area (Å²) >= 11 is 0. The molecule has 1 N–H and O–H groups in total. The molecule has 186 valence electrons. The first-order chi connectivity index (χ1) is 16.7. The molecule has 2 aromatic rings. The van der Waals surface area contributed by atoms with Crippen LogP contribution in [0.25, 0.3) is 0 Å². The maximum Gasteiger partial charge on any atom is 0.221 e. The number of rotatable bonds is 19.